The number of rotatable bonds is 6. The van der Waals surface area contributed by atoms with E-state index in [1.54, 1.807) is 28.8 Å². The number of ether oxygens (including phenoxy) is 1. The third-order valence-electron chi connectivity index (χ3n) is 5.00. The maximum Gasteiger partial charge on any atom is 0.278 e. The summed E-state index contributed by atoms with van der Waals surface area (Å²) in [4.78, 5) is 22.0. The Labute approximate surface area is 184 Å². The molecular formula is C20H25ClFN5O2S. The van der Waals surface area contributed by atoms with Gasteiger partial charge in [0, 0.05) is 33.2 Å². The number of thiazole rings is 1. The largest absolute Gasteiger partial charge is 0.379 e. The Balaban J connectivity index is 0.00000256. The average Bonchev–Trinajstić information content (AvgIpc) is 3.27. The predicted molar refractivity (Wildman–Crippen MR) is 118 cm³/mol. The van der Waals surface area contributed by atoms with Gasteiger partial charge in [0.2, 0.25) is 0 Å². The van der Waals surface area contributed by atoms with Crippen LogP contribution in [-0.4, -0.2) is 65.0 Å². The topological polar surface area (TPSA) is 63.5 Å². The van der Waals surface area contributed by atoms with Crippen molar-refractivity contribution in [3.05, 3.63) is 41.5 Å². The second-order valence-corrected chi connectivity index (χ2v) is 8.18. The Morgan fingerprint density at radius 3 is 2.77 bits per heavy atom. The number of morpholine rings is 1. The summed E-state index contributed by atoms with van der Waals surface area (Å²) in [6.07, 6.45) is 0.812. The van der Waals surface area contributed by atoms with Crippen molar-refractivity contribution in [3.63, 3.8) is 0 Å². The van der Waals surface area contributed by atoms with Crippen LogP contribution in [-0.2, 0) is 11.8 Å². The third kappa shape index (κ3) is 4.97. The number of amides is 1. The summed E-state index contributed by atoms with van der Waals surface area (Å²) < 4.78 is 21.3. The number of hydrogen-bond donors (Lipinski definition) is 0. The van der Waals surface area contributed by atoms with Gasteiger partial charge in [0.05, 0.1) is 29.1 Å². The molecule has 2 aromatic heterocycles. The Kier molecular flexibility index (Phi) is 7.41. The van der Waals surface area contributed by atoms with Gasteiger partial charge in [-0.25, -0.2) is 9.37 Å². The fourth-order valence-electron chi connectivity index (χ4n) is 3.51. The van der Waals surface area contributed by atoms with E-state index in [1.807, 2.05) is 6.92 Å². The van der Waals surface area contributed by atoms with Gasteiger partial charge in [-0.2, -0.15) is 5.10 Å². The molecule has 30 heavy (non-hydrogen) atoms. The van der Waals surface area contributed by atoms with E-state index in [1.165, 1.54) is 23.5 Å². The molecule has 1 aliphatic rings. The molecule has 1 aromatic carbocycles. The molecule has 1 saturated heterocycles. The van der Waals surface area contributed by atoms with E-state index in [2.05, 4.69) is 15.0 Å². The van der Waals surface area contributed by atoms with Crippen molar-refractivity contribution in [2.24, 2.45) is 7.05 Å². The van der Waals surface area contributed by atoms with Gasteiger partial charge >= 0.3 is 0 Å². The van der Waals surface area contributed by atoms with Crippen molar-refractivity contribution in [2.45, 2.75) is 13.3 Å². The van der Waals surface area contributed by atoms with Crippen molar-refractivity contribution in [2.75, 3.05) is 44.3 Å². The van der Waals surface area contributed by atoms with Crippen LogP contribution in [0.2, 0.25) is 0 Å². The number of aromatic nitrogens is 3. The molecule has 3 heterocycles. The van der Waals surface area contributed by atoms with Gasteiger partial charge in [0.25, 0.3) is 5.91 Å². The van der Waals surface area contributed by atoms with Crippen molar-refractivity contribution in [1.29, 1.82) is 0 Å². The summed E-state index contributed by atoms with van der Waals surface area (Å²) in [5.41, 5.74) is 1.99. The zero-order chi connectivity index (χ0) is 20.4. The number of aryl methyl sites for hydroxylation is 2. The highest BCUT2D eigenvalue weighted by molar-refractivity contribution is 7.22. The van der Waals surface area contributed by atoms with Gasteiger partial charge in [-0.05, 0) is 37.6 Å². The van der Waals surface area contributed by atoms with Crippen LogP contribution in [0.4, 0.5) is 9.52 Å². The minimum absolute atomic E-state index is 0. The first-order valence-corrected chi connectivity index (χ1v) is 10.5. The lowest BCUT2D eigenvalue weighted by Gasteiger charge is -2.27. The molecule has 0 bridgehead atoms. The quantitative estimate of drug-likeness (QED) is 0.573. The summed E-state index contributed by atoms with van der Waals surface area (Å²) in [7, 11) is 1.76. The molecule has 0 aliphatic carbocycles. The molecule has 0 saturated carbocycles. The second kappa shape index (κ2) is 9.82. The standard InChI is InChI=1S/C20H24FN5O2S.ClH/c1-14-12-17(24(2)23-14)19(27)26(7-3-6-25-8-10-28-11-9-25)20-22-16-5-4-15(21)13-18(16)29-20;/h4-5,12-13H,3,6-11H2,1-2H3;1H. The predicted octanol–water partition coefficient (Wildman–Crippen LogP) is 3.27. The number of carbonyl (C=O) groups excluding carboxylic acids is 1. The lowest BCUT2D eigenvalue weighted by molar-refractivity contribution is 0.0376. The summed E-state index contributed by atoms with van der Waals surface area (Å²) in [5.74, 6) is -0.449. The average molecular weight is 454 g/mol. The molecule has 3 aromatic rings. The normalized spacial score (nSPS) is 14.6. The highest BCUT2D eigenvalue weighted by Crippen LogP contribution is 2.30. The van der Waals surface area contributed by atoms with Gasteiger partial charge in [-0.3, -0.25) is 19.3 Å². The smallest absolute Gasteiger partial charge is 0.278 e. The van der Waals surface area contributed by atoms with Crippen molar-refractivity contribution < 1.29 is 13.9 Å². The van der Waals surface area contributed by atoms with Gasteiger partial charge < -0.3 is 4.74 Å². The molecule has 10 heteroatoms. The Bertz CT molecular complexity index is 1020. The van der Waals surface area contributed by atoms with Gasteiger partial charge in [-0.1, -0.05) is 11.3 Å². The van der Waals surface area contributed by atoms with Crippen molar-refractivity contribution >= 4 is 45.0 Å². The molecule has 0 unspecified atom stereocenters. The van der Waals surface area contributed by atoms with E-state index < -0.39 is 0 Å². The Morgan fingerprint density at radius 1 is 1.30 bits per heavy atom. The lowest BCUT2D eigenvalue weighted by Crippen LogP contribution is -2.39. The molecule has 1 fully saturated rings. The number of nitrogens with zero attached hydrogens (tertiary/aromatic N) is 5. The molecule has 0 spiro atoms. The minimum Gasteiger partial charge on any atom is -0.379 e. The summed E-state index contributed by atoms with van der Waals surface area (Å²) >= 11 is 1.33. The van der Waals surface area contributed by atoms with Crippen molar-refractivity contribution in [1.82, 2.24) is 19.7 Å². The molecule has 4 rings (SSSR count). The zero-order valence-electron chi connectivity index (χ0n) is 17.0. The second-order valence-electron chi connectivity index (χ2n) is 7.17. The lowest BCUT2D eigenvalue weighted by atomic mass is 10.3. The number of anilines is 1. The number of hydrogen-bond acceptors (Lipinski definition) is 6. The number of halogens is 2. The summed E-state index contributed by atoms with van der Waals surface area (Å²) in [6, 6.07) is 6.28. The van der Waals surface area contributed by atoms with Gasteiger partial charge in [0.15, 0.2) is 5.13 Å². The third-order valence-corrected chi connectivity index (χ3v) is 6.04. The maximum absolute atomic E-state index is 13.6. The Hall–Kier alpha value is -2.07. The monoisotopic (exact) mass is 453 g/mol. The zero-order valence-corrected chi connectivity index (χ0v) is 18.6. The van der Waals surface area contributed by atoms with Gasteiger partial charge in [-0.15, -0.1) is 12.4 Å². The van der Waals surface area contributed by atoms with Crippen LogP contribution in [0.5, 0.6) is 0 Å². The molecule has 7 nitrogen and oxygen atoms in total. The Morgan fingerprint density at radius 2 is 2.07 bits per heavy atom. The van der Waals surface area contributed by atoms with E-state index in [0.29, 0.717) is 22.9 Å². The fourth-order valence-corrected chi connectivity index (χ4v) is 4.53. The van der Waals surface area contributed by atoms with Crippen LogP contribution in [0.25, 0.3) is 10.2 Å². The van der Waals surface area contributed by atoms with Crippen LogP contribution in [0.15, 0.2) is 24.3 Å². The summed E-state index contributed by atoms with van der Waals surface area (Å²) in [6.45, 7) is 6.60. The number of fused-ring (bicyclic) bond motifs is 1. The molecular weight excluding hydrogens is 429 g/mol. The molecule has 1 amide bonds. The van der Waals surface area contributed by atoms with Crippen molar-refractivity contribution in [3.8, 4) is 0 Å². The van der Waals surface area contributed by atoms with Crippen LogP contribution in [0, 0.1) is 12.7 Å². The van der Waals surface area contributed by atoms with E-state index >= 15 is 0 Å². The summed E-state index contributed by atoms with van der Waals surface area (Å²) in [5, 5.41) is 4.88. The maximum atomic E-state index is 13.6. The van der Waals surface area contributed by atoms with Crippen LogP contribution in [0.3, 0.4) is 0 Å². The number of carbonyl (C=O) groups is 1. The molecule has 1 aliphatic heterocycles. The first kappa shape index (κ1) is 22.6. The van der Waals surface area contributed by atoms with E-state index in [-0.39, 0.29) is 24.1 Å². The molecule has 0 N–H and O–H groups in total. The highest BCUT2D eigenvalue weighted by Gasteiger charge is 2.24. The van der Waals surface area contributed by atoms with Gasteiger partial charge in [0.1, 0.15) is 11.5 Å². The fraction of sp³-hybridized carbons (Fsp3) is 0.450. The SMILES string of the molecule is Cc1cc(C(=O)N(CCCN2CCOCC2)c2nc3ccc(F)cc3s2)n(C)n1.Cl. The van der Waals surface area contributed by atoms with Crippen LogP contribution in [0.1, 0.15) is 22.6 Å². The highest BCUT2D eigenvalue weighted by atomic mass is 35.5. The molecule has 162 valence electrons. The van der Waals surface area contributed by atoms with Crippen LogP contribution >= 0.6 is 23.7 Å². The number of benzene rings is 1. The first-order chi connectivity index (χ1) is 14.0. The molecule has 0 atom stereocenters. The van der Waals surface area contributed by atoms with E-state index in [9.17, 15) is 9.18 Å². The minimum atomic E-state index is -0.305. The molecule has 0 radical (unpaired) electrons. The van der Waals surface area contributed by atoms with E-state index in [0.717, 1.165) is 49.7 Å². The van der Waals surface area contributed by atoms with Crippen LogP contribution < -0.4 is 4.90 Å². The van der Waals surface area contributed by atoms with E-state index in [4.69, 9.17) is 4.74 Å². The first-order valence-electron chi connectivity index (χ1n) is 9.70.